The molecule has 0 fully saturated rings. The third-order valence-corrected chi connectivity index (χ3v) is 3.69. The quantitative estimate of drug-likeness (QED) is 0.743. The Labute approximate surface area is 121 Å². The van der Waals surface area contributed by atoms with Crippen LogP contribution in [0, 0.1) is 12.7 Å². The van der Waals surface area contributed by atoms with Gasteiger partial charge in [-0.15, -0.1) is 0 Å². The first kappa shape index (κ1) is 12.9. The predicted octanol–water partition coefficient (Wildman–Crippen LogP) is 3.20. The average Bonchev–Trinajstić information content (AvgIpc) is 2.45. The Morgan fingerprint density at radius 3 is 2.85 bits per heavy atom. The minimum absolute atomic E-state index is 0.0655. The molecule has 0 aliphatic carbocycles. The van der Waals surface area contributed by atoms with Gasteiger partial charge in [-0.3, -0.25) is 9.78 Å². The second kappa shape index (κ2) is 4.79. The van der Waals surface area contributed by atoms with E-state index in [1.165, 1.54) is 6.92 Å². The van der Waals surface area contributed by atoms with Crippen molar-refractivity contribution in [2.24, 2.45) is 0 Å². The lowest BCUT2D eigenvalue weighted by atomic mass is 10.1. The summed E-state index contributed by atoms with van der Waals surface area (Å²) in [6, 6.07) is 7.36. The summed E-state index contributed by atoms with van der Waals surface area (Å²) in [5.41, 5.74) is 0.635. The molecular formula is C14H9BrFN3O. The van der Waals surface area contributed by atoms with Gasteiger partial charge in [0, 0.05) is 21.6 Å². The molecule has 0 bridgehead atoms. The molecule has 2 aromatic heterocycles. The minimum Gasteiger partial charge on any atom is -0.304 e. The summed E-state index contributed by atoms with van der Waals surface area (Å²) >= 11 is 3.45. The monoisotopic (exact) mass is 333 g/mol. The number of nitrogens with zero attached hydrogens (tertiary/aromatic N) is 2. The van der Waals surface area contributed by atoms with Crippen LogP contribution < -0.4 is 5.56 Å². The highest BCUT2D eigenvalue weighted by molar-refractivity contribution is 9.10. The van der Waals surface area contributed by atoms with Crippen molar-refractivity contribution < 1.29 is 4.39 Å². The van der Waals surface area contributed by atoms with E-state index in [1.807, 2.05) is 18.2 Å². The lowest BCUT2D eigenvalue weighted by molar-refractivity contribution is 0.589. The van der Waals surface area contributed by atoms with E-state index in [2.05, 4.69) is 30.9 Å². The van der Waals surface area contributed by atoms with E-state index in [9.17, 15) is 9.18 Å². The molecule has 2 heterocycles. The number of aromatic amines is 1. The van der Waals surface area contributed by atoms with Crippen molar-refractivity contribution in [3.8, 4) is 11.4 Å². The van der Waals surface area contributed by atoms with Crippen LogP contribution in [-0.4, -0.2) is 15.0 Å². The molecule has 4 nitrogen and oxygen atoms in total. The Bertz CT molecular complexity index is 876. The van der Waals surface area contributed by atoms with E-state index in [0.29, 0.717) is 16.9 Å². The number of hydrogen-bond acceptors (Lipinski definition) is 3. The van der Waals surface area contributed by atoms with Crippen LogP contribution >= 0.6 is 15.9 Å². The highest BCUT2D eigenvalue weighted by Gasteiger charge is 2.12. The van der Waals surface area contributed by atoms with Crippen molar-refractivity contribution in [1.82, 2.24) is 15.0 Å². The Morgan fingerprint density at radius 1 is 1.30 bits per heavy atom. The zero-order chi connectivity index (χ0) is 14.3. The van der Waals surface area contributed by atoms with Crippen molar-refractivity contribution in [2.75, 3.05) is 0 Å². The molecule has 0 saturated heterocycles. The van der Waals surface area contributed by atoms with Crippen LogP contribution in [0.3, 0.4) is 0 Å². The fraction of sp³-hybridized carbons (Fsp3) is 0.0714. The minimum atomic E-state index is -0.858. The average molecular weight is 334 g/mol. The number of rotatable bonds is 1. The largest absolute Gasteiger partial charge is 0.304 e. The summed E-state index contributed by atoms with van der Waals surface area (Å²) < 4.78 is 14.3. The van der Waals surface area contributed by atoms with Gasteiger partial charge in [-0.05, 0) is 25.1 Å². The van der Waals surface area contributed by atoms with Crippen molar-refractivity contribution in [2.45, 2.75) is 6.92 Å². The predicted molar refractivity (Wildman–Crippen MR) is 78.0 cm³/mol. The molecule has 0 spiro atoms. The SMILES string of the molecule is Cc1nc(-c2ccc(Br)c3cccnc23)[nH]c(=O)c1F. The van der Waals surface area contributed by atoms with Crippen LogP contribution in [-0.2, 0) is 0 Å². The van der Waals surface area contributed by atoms with Gasteiger partial charge >= 0.3 is 0 Å². The van der Waals surface area contributed by atoms with Gasteiger partial charge in [-0.1, -0.05) is 22.0 Å². The van der Waals surface area contributed by atoms with E-state index in [-0.39, 0.29) is 5.69 Å². The molecule has 0 aliphatic rings. The van der Waals surface area contributed by atoms with E-state index < -0.39 is 11.4 Å². The molecule has 0 radical (unpaired) electrons. The van der Waals surface area contributed by atoms with Gasteiger partial charge in [-0.25, -0.2) is 4.98 Å². The third kappa shape index (κ3) is 2.02. The molecule has 6 heteroatoms. The lowest BCUT2D eigenvalue weighted by Gasteiger charge is -2.07. The highest BCUT2D eigenvalue weighted by atomic mass is 79.9. The number of nitrogens with one attached hydrogen (secondary N) is 1. The molecule has 100 valence electrons. The molecule has 0 unspecified atom stereocenters. The molecule has 1 N–H and O–H groups in total. The number of pyridine rings is 1. The molecule has 3 aromatic rings. The first-order valence-corrected chi connectivity index (χ1v) is 6.67. The van der Waals surface area contributed by atoms with Crippen molar-refractivity contribution in [3.63, 3.8) is 0 Å². The van der Waals surface area contributed by atoms with E-state index in [0.717, 1.165) is 9.86 Å². The van der Waals surface area contributed by atoms with E-state index in [4.69, 9.17) is 0 Å². The summed E-state index contributed by atoms with van der Waals surface area (Å²) in [5, 5.41) is 0.898. The van der Waals surface area contributed by atoms with Gasteiger partial charge in [0.25, 0.3) is 5.56 Å². The smallest absolute Gasteiger partial charge is 0.287 e. The topological polar surface area (TPSA) is 58.6 Å². The molecule has 0 amide bonds. The van der Waals surface area contributed by atoms with E-state index >= 15 is 0 Å². The summed E-state index contributed by atoms with van der Waals surface area (Å²) in [5.74, 6) is -0.548. The van der Waals surface area contributed by atoms with E-state index in [1.54, 1.807) is 12.3 Å². The van der Waals surface area contributed by atoms with Crippen LogP contribution in [0.1, 0.15) is 5.69 Å². The molecule has 3 rings (SSSR count). The summed E-state index contributed by atoms with van der Waals surface area (Å²) in [6.07, 6.45) is 1.66. The zero-order valence-corrected chi connectivity index (χ0v) is 12.0. The Hall–Kier alpha value is -2.08. The number of benzene rings is 1. The summed E-state index contributed by atoms with van der Waals surface area (Å²) in [7, 11) is 0. The fourth-order valence-electron chi connectivity index (χ4n) is 2.03. The highest BCUT2D eigenvalue weighted by Crippen LogP contribution is 2.29. The number of aromatic nitrogens is 3. The normalized spacial score (nSPS) is 10.9. The van der Waals surface area contributed by atoms with Gasteiger partial charge in [0.15, 0.2) is 0 Å². The molecule has 0 aliphatic heterocycles. The number of H-pyrrole nitrogens is 1. The molecule has 0 saturated carbocycles. The van der Waals surface area contributed by atoms with Crippen LogP contribution in [0.4, 0.5) is 4.39 Å². The Kier molecular flexibility index (Phi) is 3.10. The van der Waals surface area contributed by atoms with Gasteiger partial charge in [0.2, 0.25) is 5.82 Å². The third-order valence-electron chi connectivity index (χ3n) is 3.00. The lowest BCUT2D eigenvalue weighted by Crippen LogP contribution is -2.15. The van der Waals surface area contributed by atoms with Gasteiger partial charge in [0.05, 0.1) is 11.2 Å². The fourth-order valence-corrected chi connectivity index (χ4v) is 2.48. The first-order chi connectivity index (χ1) is 9.58. The summed E-state index contributed by atoms with van der Waals surface area (Å²) in [6.45, 7) is 1.46. The van der Waals surface area contributed by atoms with Crippen molar-refractivity contribution in [3.05, 3.63) is 56.8 Å². The van der Waals surface area contributed by atoms with Crippen molar-refractivity contribution in [1.29, 1.82) is 0 Å². The maximum absolute atomic E-state index is 13.4. The first-order valence-electron chi connectivity index (χ1n) is 5.88. The maximum atomic E-state index is 13.4. The number of hydrogen-bond donors (Lipinski definition) is 1. The number of fused-ring (bicyclic) bond motifs is 1. The Morgan fingerprint density at radius 2 is 2.10 bits per heavy atom. The standard InChI is InChI=1S/C14H9BrFN3O/c1-7-11(16)14(20)19-13(18-7)9-4-5-10(15)8-3-2-6-17-12(8)9/h2-6H,1H3,(H,18,19,20). The van der Waals surface area contributed by atoms with Crippen LogP contribution in [0.5, 0.6) is 0 Å². The van der Waals surface area contributed by atoms with Crippen LogP contribution in [0.15, 0.2) is 39.7 Å². The van der Waals surface area contributed by atoms with Gasteiger partial charge in [0.1, 0.15) is 5.82 Å². The second-order valence-electron chi connectivity index (χ2n) is 4.31. The molecule has 20 heavy (non-hydrogen) atoms. The number of aryl methyl sites for hydroxylation is 1. The van der Waals surface area contributed by atoms with Crippen molar-refractivity contribution >= 4 is 26.8 Å². The van der Waals surface area contributed by atoms with Gasteiger partial charge < -0.3 is 4.98 Å². The van der Waals surface area contributed by atoms with Crippen LogP contribution in [0.25, 0.3) is 22.3 Å². The second-order valence-corrected chi connectivity index (χ2v) is 5.16. The summed E-state index contributed by atoms with van der Waals surface area (Å²) in [4.78, 5) is 22.4. The maximum Gasteiger partial charge on any atom is 0.287 e. The molecular weight excluding hydrogens is 325 g/mol. The number of halogens is 2. The Balaban J connectivity index is 2.36. The zero-order valence-electron chi connectivity index (χ0n) is 10.4. The van der Waals surface area contributed by atoms with Crippen LogP contribution in [0.2, 0.25) is 0 Å². The van der Waals surface area contributed by atoms with Gasteiger partial charge in [-0.2, -0.15) is 4.39 Å². The molecule has 0 atom stereocenters. The molecule has 1 aromatic carbocycles.